The standard InChI is InChI=1S/C12H17F3N2O/c1-8(18)7-17(2)10-3-4-11(12(13,14)15)9(5-10)6-16/h3-5,8,18H,6-7,16H2,1-2H3. The third kappa shape index (κ3) is 3.61. The van der Waals surface area contributed by atoms with Crippen molar-refractivity contribution in [1.82, 2.24) is 0 Å². The second-order valence-electron chi connectivity index (χ2n) is 4.27. The van der Waals surface area contributed by atoms with Crippen LogP contribution in [0.15, 0.2) is 18.2 Å². The first-order valence-electron chi connectivity index (χ1n) is 5.55. The van der Waals surface area contributed by atoms with Crippen LogP contribution < -0.4 is 10.6 Å². The van der Waals surface area contributed by atoms with E-state index in [9.17, 15) is 18.3 Å². The first-order chi connectivity index (χ1) is 8.25. The maximum Gasteiger partial charge on any atom is 0.416 e. The van der Waals surface area contributed by atoms with Crippen molar-refractivity contribution in [3.8, 4) is 0 Å². The largest absolute Gasteiger partial charge is 0.416 e. The molecule has 0 bridgehead atoms. The lowest BCUT2D eigenvalue weighted by Crippen LogP contribution is -2.27. The predicted molar refractivity (Wildman–Crippen MR) is 64.3 cm³/mol. The molecule has 0 radical (unpaired) electrons. The molecule has 3 N–H and O–H groups in total. The Morgan fingerprint density at radius 3 is 2.44 bits per heavy atom. The highest BCUT2D eigenvalue weighted by Crippen LogP contribution is 2.33. The van der Waals surface area contributed by atoms with Gasteiger partial charge >= 0.3 is 6.18 Å². The van der Waals surface area contributed by atoms with Gasteiger partial charge < -0.3 is 15.7 Å². The van der Waals surface area contributed by atoms with Crippen LogP contribution in [0.2, 0.25) is 0 Å². The van der Waals surface area contributed by atoms with Crippen LogP contribution in [-0.2, 0) is 12.7 Å². The molecule has 18 heavy (non-hydrogen) atoms. The van der Waals surface area contributed by atoms with Crippen molar-refractivity contribution >= 4 is 5.69 Å². The van der Waals surface area contributed by atoms with E-state index in [2.05, 4.69) is 0 Å². The van der Waals surface area contributed by atoms with Gasteiger partial charge in [-0.2, -0.15) is 13.2 Å². The minimum absolute atomic E-state index is 0.0532. The molecule has 0 heterocycles. The Hall–Kier alpha value is -1.27. The summed E-state index contributed by atoms with van der Waals surface area (Å²) < 4.78 is 38.0. The molecule has 0 saturated heterocycles. The van der Waals surface area contributed by atoms with Crippen molar-refractivity contribution in [1.29, 1.82) is 0 Å². The van der Waals surface area contributed by atoms with Crippen LogP contribution in [0.5, 0.6) is 0 Å². The molecule has 0 saturated carbocycles. The van der Waals surface area contributed by atoms with Crippen molar-refractivity contribution in [2.45, 2.75) is 25.7 Å². The number of halogens is 3. The van der Waals surface area contributed by atoms with Gasteiger partial charge in [-0.15, -0.1) is 0 Å². The van der Waals surface area contributed by atoms with E-state index < -0.39 is 17.8 Å². The van der Waals surface area contributed by atoms with E-state index in [1.165, 1.54) is 12.1 Å². The van der Waals surface area contributed by atoms with E-state index >= 15 is 0 Å². The molecule has 0 aromatic heterocycles. The maximum absolute atomic E-state index is 12.7. The summed E-state index contributed by atoms with van der Waals surface area (Å²) in [6.07, 6.45) is -4.95. The number of nitrogens with zero attached hydrogens (tertiary/aromatic N) is 1. The molecule has 0 amide bonds. The fraction of sp³-hybridized carbons (Fsp3) is 0.500. The molecular formula is C12H17F3N2O. The molecule has 1 rings (SSSR count). The lowest BCUT2D eigenvalue weighted by molar-refractivity contribution is -0.138. The van der Waals surface area contributed by atoms with Crippen LogP contribution in [0.4, 0.5) is 18.9 Å². The first kappa shape index (κ1) is 14.8. The van der Waals surface area contributed by atoms with E-state index in [0.29, 0.717) is 12.2 Å². The number of likely N-dealkylation sites (N-methyl/N-ethyl adjacent to an activating group) is 1. The Morgan fingerprint density at radius 2 is 2.00 bits per heavy atom. The molecule has 6 heteroatoms. The van der Waals surface area contributed by atoms with Crippen molar-refractivity contribution in [3.63, 3.8) is 0 Å². The summed E-state index contributed by atoms with van der Waals surface area (Å²) in [5.74, 6) is 0. The Morgan fingerprint density at radius 1 is 1.39 bits per heavy atom. The summed E-state index contributed by atoms with van der Waals surface area (Å²) in [5.41, 5.74) is 5.30. The highest BCUT2D eigenvalue weighted by atomic mass is 19.4. The van der Waals surface area contributed by atoms with E-state index in [0.717, 1.165) is 6.07 Å². The number of aliphatic hydroxyl groups is 1. The second-order valence-corrected chi connectivity index (χ2v) is 4.27. The van der Waals surface area contributed by atoms with Gasteiger partial charge in [0.2, 0.25) is 0 Å². The average molecular weight is 262 g/mol. The van der Waals surface area contributed by atoms with Gasteiger partial charge in [0, 0.05) is 25.8 Å². The van der Waals surface area contributed by atoms with Crippen LogP contribution in [0.3, 0.4) is 0 Å². The number of alkyl halides is 3. The molecular weight excluding hydrogens is 245 g/mol. The third-order valence-corrected chi connectivity index (χ3v) is 2.59. The van der Waals surface area contributed by atoms with E-state index in [4.69, 9.17) is 5.73 Å². The Kier molecular flexibility index (Phi) is 4.59. The van der Waals surface area contributed by atoms with Crippen LogP contribution in [0, 0.1) is 0 Å². The Bertz CT molecular complexity index is 405. The molecule has 0 aliphatic carbocycles. The Balaban J connectivity index is 3.06. The maximum atomic E-state index is 12.7. The molecule has 1 atom stereocenters. The normalized spacial score (nSPS) is 13.5. The van der Waals surface area contributed by atoms with Crippen molar-refractivity contribution in [3.05, 3.63) is 29.3 Å². The number of aliphatic hydroxyl groups excluding tert-OH is 1. The van der Waals surface area contributed by atoms with Gasteiger partial charge in [-0.05, 0) is 30.7 Å². The number of benzene rings is 1. The van der Waals surface area contributed by atoms with Gasteiger partial charge in [0.25, 0.3) is 0 Å². The summed E-state index contributed by atoms with van der Waals surface area (Å²) in [5, 5.41) is 9.25. The first-order valence-corrected chi connectivity index (χ1v) is 5.55. The molecule has 0 aliphatic heterocycles. The van der Waals surface area contributed by atoms with Gasteiger partial charge in [0.05, 0.1) is 11.7 Å². The zero-order valence-corrected chi connectivity index (χ0v) is 10.3. The molecule has 0 spiro atoms. The fourth-order valence-electron chi connectivity index (χ4n) is 1.76. The SMILES string of the molecule is CC(O)CN(C)c1ccc(C(F)(F)F)c(CN)c1. The number of rotatable bonds is 4. The van der Waals surface area contributed by atoms with Gasteiger partial charge in [-0.25, -0.2) is 0 Å². The lowest BCUT2D eigenvalue weighted by Gasteiger charge is -2.22. The molecule has 1 aromatic rings. The zero-order valence-electron chi connectivity index (χ0n) is 10.3. The van der Waals surface area contributed by atoms with Crippen molar-refractivity contribution < 1.29 is 18.3 Å². The van der Waals surface area contributed by atoms with Gasteiger partial charge in [0.1, 0.15) is 0 Å². The average Bonchev–Trinajstić information content (AvgIpc) is 2.26. The van der Waals surface area contributed by atoms with Crippen molar-refractivity contribution in [2.24, 2.45) is 5.73 Å². The predicted octanol–water partition coefficient (Wildman–Crippen LogP) is 1.98. The number of hydrogen-bond donors (Lipinski definition) is 2. The van der Waals surface area contributed by atoms with Crippen LogP contribution in [0.1, 0.15) is 18.1 Å². The molecule has 1 unspecified atom stereocenters. The fourth-order valence-corrected chi connectivity index (χ4v) is 1.76. The lowest BCUT2D eigenvalue weighted by atomic mass is 10.1. The van der Waals surface area contributed by atoms with Crippen molar-refractivity contribution in [2.75, 3.05) is 18.5 Å². The van der Waals surface area contributed by atoms with Crippen LogP contribution >= 0.6 is 0 Å². The molecule has 102 valence electrons. The third-order valence-electron chi connectivity index (χ3n) is 2.59. The molecule has 3 nitrogen and oxygen atoms in total. The van der Waals surface area contributed by atoms with Gasteiger partial charge in [-0.3, -0.25) is 0 Å². The van der Waals surface area contributed by atoms with E-state index in [-0.39, 0.29) is 12.1 Å². The Labute approximate surface area is 104 Å². The molecule has 0 aliphatic rings. The topological polar surface area (TPSA) is 49.5 Å². The molecule has 0 fully saturated rings. The quantitative estimate of drug-likeness (QED) is 0.872. The number of anilines is 1. The van der Waals surface area contributed by atoms with E-state index in [1.54, 1.807) is 18.9 Å². The van der Waals surface area contributed by atoms with Gasteiger partial charge in [0.15, 0.2) is 0 Å². The molecule has 1 aromatic carbocycles. The summed E-state index contributed by atoms with van der Waals surface area (Å²) in [4.78, 5) is 1.68. The monoisotopic (exact) mass is 262 g/mol. The highest BCUT2D eigenvalue weighted by Gasteiger charge is 2.33. The zero-order chi connectivity index (χ0) is 13.9. The van der Waals surface area contributed by atoms with E-state index in [1.807, 2.05) is 0 Å². The van der Waals surface area contributed by atoms with Crippen LogP contribution in [0.25, 0.3) is 0 Å². The number of hydrogen-bond acceptors (Lipinski definition) is 3. The summed E-state index contributed by atoms with van der Waals surface area (Å²) in [6, 6.07) is 3.81. The highest BCUT2D eigenvalue weighted by molar-refractivity contribution is 5.51. The second kappa shape index (κ2) is 5.58. The van der Waals surface area contributed by atoms with Crippen LogP contribution in [-0.4, -0.2) is 24.8 Å². The summed E-state index contributed by atoms with van der Waals surface area (Å²) in [7, 11) is 1.70. The smallest absolute Gasteiger partial charge is 0.392 e. The summed E-state index contributed by atoms with van der Waals surface area (Å²) in [6.45, 7) is 1.78. The summed E-state index contributed by atoms with van der Waals surface area (Å²) >= 11 is 0. The minimum Gasteiger partial charge on any atom is -0.392 e. The number of nitrogens with two attached hydrogens (primary N) is 1. The van der Waals surface area contributed by atoms with Gasteiger partial charge in [-0.1, -0.05) is 0 Å². The minimum atomic E-state index is -4.39.